The van der Waals surface area contributed by atoms with Crippen LogP contribution < -0.4 is 4.74 Å². The molecule has 6 rings (SSSR count). The smallest absolute Gasteiger partial charge is 0.335 e. The van der Waals surface area contributed by atoms with Gasteiger partial charge >= 0.3 is 5.97 Å². The molecule has 35 heavy (non-hydrogen) atoms. The van der Waals surface area contributed by atoms with Gasteiger partial charge in [0.15, 0.2) is 0 Å². The predicted molar refractivity (Wildman–Crippen MR) is 139 cm³/mol. The zero-order valence-electron chi connectivity index (χ0n) is 20.8. The van der Waals surface area contributed by atoms with Crippen LogP contribution in [0.4, 0.5) is 0 Å². The van der Waals surface area contributed by atoms with Crippen molar-refractivity contribution >= 4 is 16.9 Å². The molecule has 6 nitrogen and oxygen atoms in total. The monoisotopic (exact) mass is 478 g/mol. The maximum atomic E-state index is 10.2. The molecule has 0 radical (unpaired) electrons. The number of fused-ring (bicyclic) bond motifs is 11. The van der Waals surface area contributed by atoms with Crippen molar-refractivity contribution in [1.29, 1.82) is 0 Å². The molecular formula is C29H38N2O4. The minimum Gasteiger partial charge on any atom is -0.493 e. The number of carboxylic acids is 1. The Morgan fingerprint density at radius 3 is 2.43 bits per heavy atom. The number of rotatable bonds is 1. The summed E-state index contributed by atoms with van der Waals surface area (Å²) in [7, 11) is 0. The van der Waals surface area contributed by atoms with Crippen LogP contribution in [-0.2, 0) is 11.3 Å². The van der Waals surface area contributed by atoms with Gasteiger partial charge in [-0.1, -0.05) is 37.5 Å². The van der Waals surface area contributed by atoms with Crippen LogP contribution in [-0.4, -0.2) is 53.4 Å². The summed E-state index contributed by atoms with van der Waals surface area (Å²) in [6, 6.07) is 12.7. The van der Waals surface area contributed by atoms with Gasteiger partial charge in [-0.05, 0) is 62.4 Å². The lowest BCUT2D eigenvalue weighted by molar-refractivity contribution is 0.00407. The Morgan fingerprint density at radius 2 is 1.71 bits per heavy atom. The van der Waals surface area contributed by atoms with Gasteiger partial charge in [-0.2, -0.15) is 0 Å². The average Bonchev–Trinajstić information content (AvgIpc) is 3.37. The fraction of sp³-hybridized carbons (Fsp3) is 0.483. The number of ether oxygens (including phenoxy) is 2. The predicted octanol–water partition coefficient (Wildman–Crippen LogP) is 6.19. The number of aromatic nitrogens is 1. The first-order valence-corrected chi connectivity index (χ1v) is 13.0. The Balaban J connectivity index is 0.000000271. The minimum atomic E-state index is -0.879. The van der Waals surface area contributed by atoms with Crippen molar-refractivity contribution in [1.82, 2.24) is 9.88 Å². The number of aromatic amines is 1. The minimum absolute atomic E-state index is 0.331. The normalized spacial score (nSPS) is 21.4. The van der Waals surface area contributed by atoms with Crippen molar-refractivity contribution in [3.05, 3.63) is 65.4 Å². The summed E-state index contributed by atoms with van der Waals surface area (Å²) in [6.07, 6.45) is 11.0. The van der Waals surface area contributed by atoms with Crippen LogP contribution in [0.3, 0.4) is 0 Å². The molecule has 3 aliphatic rings. The zero-order chi connectivity index (χ0) is 24.5. The topological polar surface area (TPSA) is 74.8 Å². The molecule has 0 atom stereocenters. The van der Waals surface area contributed by atoms with Gasteiger partial charge in [0.25, 0.3) is 0 Å². The van der Waals surface area contributed by atoms with Crippen LogP contribution in [0.25, 0.3) is 10.9 Å². The number of hydrogen-bond acceptors (Lipinski definition) is 4. The van der Waals surface area contributed by atoms with Crippen LogP contribution in [0.15, 0.2) is 48.7 Å². The van der Waals surface area contributed by atoms with E-state index in [1.165, 1.54) is 47.7 Å². The molecule has 0 spiro atoms. The Labute approximate surface area is 208 Å². The fourth-order valence-corrected chi connectivity index (χ4v) is 4.93. The molecule has 188 valence electrons. The van der Waals surface area contributed by atoms with Crippen molar-refractivity contribution in [3.8, 4) is 5.75 Å². The van der Waals surface area contributed by atoms with Crippen LogP contribution in [0.1, 0.15) is 66.4 Å². The van der Waals surface area contributed by atoms with Gasteiger partial charge in [0.05, 0.1) is 18.3 Å². The third-order valence-electron chi connectivity index (χ3n) is 6.95. The summed E-state index contributed by atoms with van der Waals surface area (Å²) in [4.78, 5) is 16.2. The zero-order valence-corrected chi connectivity index (χ0v) is 20.8. The van der Waals surface area contributed by atoms with Crippen LogP contribution in [0.5, 0.6) is 5.75 Å². The third kappa shape index (κ3) is 7.09. The van der Waals surface area contributed by atoms with E-state index in [0.717, 1.165) is 57.9 Å². The molecule has 3 aromatic rings. The third-order valence-corrected chi connectivity index (χ3v) is 6.95. The fourth-order valence-electron chi connectivity index (χ4n) is 4.93. The maximum Gasteiger partial charge on any atom is 0.335 e. The number of nitrogens with one attached hydrogen (secondary N) is 1. The van der Waals surface area contributed by atoms with Gasteiger partial charge in [0.2, 0.25) is 0 Å². The van der Waals surface area contributed by atoms with Gasteiger partial charge in [0, 0.05) is 48.9 Å². The van der Waals surface area contributed by atoms with Crippen molar-refractivity contribution < 1.29 is 19.4 Å². The van der Waals surface area contributed by atoms with E-state index in [2.05, 4.69) is 35.1 Å². The highest BCUT2D eigenvalue weighted by molar-refractivity contribution is 5.88. The summed E-state index contributed by atoms with van der Waals surface area (Å²) < 4.78 is 12.4. The van der Waals surface area contributed by atoms with E-state index < -0.39 is 5.97 Å². The number of aryl methyl sites for hydroxylation is 1. The molecule has 2 N–H and O–H groups in total. The lowest BCUT2D eigenvalue weighted by Gasteiger charge is -2.32. The van der Waals surface area contributed by atoms with Crippen molar-refractivity contribution in [3.63, 3.8) is 0 Å². The largest absolute Gasteiger partial charge is 0.493 e. The molecule has 1 fully saturated rings. The van der Waals surface area contributed by atoms with Crippen molar-refractivity contribution in [2.45, 2.75) is 64.5 Å². The van der Waals surface area contributed by atoms with E-state index in [1.807, 2.05) is 0 Å². The molecule has 1 aromatic heterocycles. The highest BCUT2D eigenvalue weighted by Gasteiger charge is 2.22. The van der Waals surface area contributed by atoms with Crippen LogP contribution in [0.2, 0.25) is 0 Å². The van der Waals surface area contributed by atoms with Crippen LogP contribution in [0, 0.1) is 6.92 Å². The molecule has 4 heterocycles. The number of carboxylic acid groups (broad SMARTS) is 1. The highest BCUT2D eigenvalue weighted by Crippen LogP contribution is 2.33. The Hall–Kier alpha value is -2.83. The second-order valence-electron chi connectivity index (χ2n) is 9.57. The van der Waals surface area contributed by atoms with E-state index in [-0.39, 0.29) is 0 Å². The molecule has 3 aliphatic heterocycles. The van der Waals surface area contributed by atoms with Crippen molar-refractivity contribution in [2.24, 2.45) is 0 Å². The molecule has 0 amide bonds. The summed E-state index contributed by atoms with van der Waals surface area (Å²) in [5.41, 5.74) is 4.20. The first kappa shape index (κ1) is 25.3. The number of H-pyrrole nitrogens is 1. The van der Waals surface area contributed by atoms with Gasteiger partial charge < -0.3 is 19.6 Å². The SMILES string of the molecule is Cc1cc2c(c3cc[nH]c13)CN1CCC(CC1)OCCCCCCCO2.O=C(O)c1ccccc1. The van der Waals surface area contributed by atoms with Crippen molar-refractivity contribution in [2.75, 3.05) is 26.3 Å². The molecule has 2 bridgehead atoms. The Bertz CT molecular complexity index is 1070. The van der Waals surface area contributed by atoms with E-state index in [4.69, 9.17) is 14.6 Å². The second-order valence-corrected chi connectivity index (χ2v) is 9.57. The number of hydrogen-bond donors (Lipinski definition) is 2. The van der Waals surface area contributed by atoms with E-state index >= 15 is 0 Å². The van der Waals surface area contributed by atoms with Gasteiger partial charge in [-0.15, -0.1) is 0 Å². The maximum absolute atomic E-state index is 10.2. The molecule has 6 heteroatoms. The highest BCUT2D eigenvalue weighted by atomic mass is 16.5. The summed E-state index contributed by atoms with van der Waals surface area (Å²) in [5, 5.41) is 9.70. The first-order chi connectivity index (χ1) is 17.1. The number of aromatic carboxylic acids is 1. The van der Waals surface area contributed by atoms with Crippen LogP contribution >= 0.6 is 0 Å². The standard InChI is InChI=1S/C22H32N2O2.C7H6O2/c1-17-15-21-20(19-7-10-23-22(17)19)16-24-11-8-18(9-12-24)25-13-5-3-2-4-6-14-26-21;8-7(9)6-4-2-1-3-5-6/h7,10,15,18,23H,2-6,8-9,11-14,16H2,1H3;1-5H,(H,8,9). The molecule has 1 saturated heterocycles. The number of carbonyl (C=O) groups is 1. The van der Waals surface area contributed by atoms with E-state index in [0.29, 0.717) is 11.7 Å². The molecular weight excluding hydrogens is 440 g/mol. The van der Waals surface area contributed by atoms with Gasteiger partial charge in [-0.25, -0.2) is 4.79 Å². The molecule has 0 saturated carbocycles. The summed E-state index contributed by atoms with van der Waals surface area (Å²) >= 11 is 0. The Morgan fingerprint density at radius 1 is 1.00 bits per heavy atom. The average molecular weight is 479 g/mol. The number of benzene rings is 2. The molecule has 0 aliphatic carbocycles. The quantitative estimate of drug-likeness (QED) is 0.436. The van der Waals surface area contributed by atoms with E-state index in [9.17, 15) is 4.79 Å². The van der Waals surface area contributed by atoms with Gasteiger partial charge in [0.1, 0.15) is 5.75 Å². The number of piperidine rings is 1. The lowest BCUT2D eigenvalue weighted by Crippen LogP contribution is -2.36. The first-order valence-electron chi connectivity index (χ1n) is 13.0. The van der Waals surface area contributed by atoms with E-state index in [1.54, 1.807) is 30.3 Å². The van der Waals surface area contributed by atoms with Gasteiger partial charge in [-0.3, -0.25) is 4.90 Å². The Kier molecular flexibility index (Phi) is 9.21. The molecule has 0 unspecified atom stereocenters. The lowest BCUT2D eigenvalue weighted by atomic mass is 10.0. The second kappa shape index (κ2) is 12.8. The summed E-state index contributed by atoms with van der Waals surface area (Å²) in [6.45, 7) is 7.13. The summed E-state index contributed by atoms with van der Waals surface area (Å²) in [5.74, 6) is 0.204. The molecule has 2 aromatic carbocycles. The number of nitrogens with zero attached hydrogens (tertiary/aromatic N) is 1.